The molecule has 0 saturated carbocycles. The Labute approximate surface area is 127 Å². The number of hydrogen-bond donors (Lipinski definition) is 2. The fraction of sp³-hybridized carbons (Fsp3) is 0.733. The van der Waals surface area contributed by atoms with Crippen LogP contribution in [0.25, 0.3) is 0 Å². The van der Waals surface area contributed by atoms with E-state index >= 15 is 0 Å². The summed E-state index contributed by atoms with van der Waals surface area (Å²) >= 11 is 0. The number of hydrazine groups is 1. The molecule has 1 aliphatic heterocycles. The third kappa shape index (κ3) is 3.63. The van der Waals surface area contributed by atoms with Gasteiger partial charge in [0.25, 0.3) is 0 Å². The smallest absolute Gasteiger partial charge is 0.148 e. The van der Waals surface area contributed by atoms with E-state index in [0.29, 0.717) is 6.04 Å². The molecule has 6 heteroatoms. The number of likely N-dealkylation sites (tertiary alicyclic amines) is 1. The minimum absolute atomic E-state index is 0.545. The predicted octanol–water partition coefficient (Wildman–Crippen LogP) is 1.64. The molecule has 1 saturated heterocycles. The van der Waals surface area contributed by atoms with Crippen LogP contribution in [0.5, 0.6) is 0 Å². The third-order valence-electron chi connectivity index (χ3n) is 4.45. The minimum atomic E-state index is 0.545. The zero-order chi connectivity index (χ0) is 15.2. The van der Waals surface area contributed by atoms with Crippen LogP contribution in [0, 0.1) is 0 Å². The van der Waals surface area contributed by atoms with Gasteiger partial charge in [-0.25, -0.2) is 15.8 Å². The van der Waals surface area contributed by atoms with E-state index in [-0.39, 0.29) is 0 Å². The first-order valence-corrected chi connectivity index (χ1v) is 7.96. The molecule has 1 aliphatic rings. The lowest BCUT2D eigenvalue weighted by molar-refractivity contribution is 0.220. The lowest BCUT2D eigenvalue weighted by Gasteiger charge is -2.37. The average Bonchev–Trinajstić information content (AvgIpc) is 2.54. The van der Waals surface area contributed by atoms with Gasteiger partial charge < -0.3 is 15.2 Å². The van der Waals surface area contributed by atoms with E-state index in [4.69, 9.17) is 5.84 Å². The van der Waals surface area contributed by atoms with Gasteiger partial charge in [0, 0.05) is 31.7 Å². The molecular weight excluding hydrogens is 264 g/mol. The van der Waals surface area contributed by atoms with Crippen LogP contribution in [-0.2, 0) is 6.42 Å². The molecule has 0 amide bonds. The van der Waals surface area contributed by atoms with Gasteiger partial charge in [0.05, 0.1) is 0 Å². The fourth-order valence-corrected chi connectivity index (χ4v) is 3.11. The second-order valence-corrected chi connectivity index (χ2v) is 5.70. The Hall–Kier alpha value is -1.40. The molecule has 0 radical (unpaired) electrons. The van der Waals surface area contributed by atoms with Crippen LogP contribution < -0.4 is 16.2 Å². The van der Waals surface area contributed by atoms with Gasteiger partial charge in [0.1, 0.15) is 18.0 Å². The summed E-state index contributed by atoms with van der Waals surface area (Å²) in [6, 6.07) is 0.545. The average molecular weight is 292 g/mol. The van der Waals surface area contributed by atoms with Crippen LogP contribution in [0.2, 0.25) is 0 Å². The van der Waals surface area contributed by atoms with Crippen molar-refractivity contribution in [1.29, 1.82) is 0 Å². The molecule has 0 aromatic carbocycles. The Morgan fingerprint density at radius 3 is 2.62 bits per heavy atom. The van der Waals surface area contributed by atoms with Crippen molar-refractivity contribution in [2.24, 2.45) is 5.84 Å². The second kappa shape index (κ2) is 7.56. The molecule has 2 rings (SSSR count). The number of nitrogens with one attached hydrogen (secondary N) is 1. The molecule has 118 valence electrons. The van der Waals surface area contributed by atoms with Gasteiger partial charge >= 0.3 is 0 Å². The van der Waals surface area contributed by atoms with E-state index in [9.17, 15) is 0 Å². The SMILES string of the molecule is CCCc1c(NN)ncnc1N(C)C1CCN(CC)CC1. The van der Waals surface area contributed by atoms with Gasteiger partial charge in [-0.1, -0.05) is 20.3 Å². The highest BCUT2D eigenvalue weighted by Gasteiger charge is 2.24. The van der Waals surface area contributed by atoms with Crippen LogP contribution in [0.3, 0.4) is 0 Å². The van der Waals surface area contributed by atoms with Crippen molar-refractivity contribution in [2.45, 2.75) is 45.6 Å². The molecule has 0 bridgehead atoms. The highest BCUT2D eigenvalue weighted by molar-refractivity contribution is 5.58. The summed E-state index contributed by atoms with van der Waals surface area (Å²) in [6.07, 6.45) is 5.96. The molecule has 3 N–H and O–H groups in total. The second-order valence-electron chi connectivity index (χ2n) is 5.70. The van der Waals surface area contributed by atoms with E-state index in [1.807, 2.05) is 0 Å². The largest absolute Gasteiger partial charge is 0.356 e. The van der Waals surface area contributed by atoms with E-state index in [0.717, 1.165) is 36.6 Å². The predicted molar refractivity (Wildman–Crippen MR) is 87.4 cm³/mol. The summed E-state index contributed by atoms with van der Waals surface area (Å²) in [7, 11) is 2.15. The van der Waals surface area contributed by atoms with Crippen molar-refractivity contribution in [1.82, 2.24) is 14.9 Å². The number of anilines is 2. The highest BCUT2D eigenvalue weighted by atomic mass is 15.3. The van der Waals surface area contributed by atoms with Crippen molar-refractivity contribution in [2.75, 3.05) is 37.0 Å². The van der Waals surface area contributed by atoms with Crippen LogP contribution >= 0.6 is 0 Å². The molecule has 0 aliphatic carbocycles. The van der Waals surface area contributed by atoms with Gasteiger partial charge in [-0.15, -0.1) is 0 Å². The normalized spacial score (nSPS) is 17.0. The number of nitrogen functional groups attached to an aromatic ring is 1. The molecule has 1 fully saturated rings. The quantitative estimate of drug-likeness (QED) is 0.613. The topological polar surface area (TPSA) is 70.3 Å². The molecule has 0 spiro atoms. The summed E-state index contributed by atoms with van der Waals surface area (Å²) < 4.78 is 0. The van der Waals surface area contributed by atoms with Crippen molar-refractivity contribution in [3.05, 3.63) is 11.9 Å². The van der Waals surface area contributed by atoms with Crippen LogP contribution in [0.1, 0.15) is 38.7 Å². The number of hydrogen-bond acceptors (Lipinski definition) is 6. The van der Waals surface area contributed by atoms with Crippen molar-refractivity contribution < 1.29 is 0 Å². The number of nitrogens with zero attached hydrogens (tertiary/aromatic N) is 4. The fourth-order valence-electron chi connectivity index (χ4n) is 3.11. The van der Waals surface area contributed by atoms with Gasteiger partial charge in [0.2, 0.25) is 0 Å². The Morgan fingerprint density at radius 1 is 1.33 bits per heavy atom. The maximum atomic E-state index is 5.60. The first-order valence-electron chi connectivity index (χ1n) is 7.96. The molecule has 1 aromatic heterocycles. The van der Waals surface area contributed by atoms with Crippen LogP contribution in [0.4, 0.5) is 11.6 Å². The van der Waals surface area contributed by atoms with Crippen molar-refractivity contribution in [3.8, 4) is 0 Å². The van der Waals surface area contributed by atoms with E-state index < -0.39 is 0 Å². The Kier molecular flexibility index (Phi) is 5.76. The van der Waals surface area contributed by atoms with E-state index in [2.05, 4.69) is 46.1 Å². The third-order valence-corrected chi connectivity index (χ3v) is 4.45. The number of nitrogens with two attached hydrogens (primary N) is 1. The van der Waals surface area contributed by atoms with Crippen LogP contribution in [-0.4, -0.2) is 47.6 Å². The Morgan fingerprint density at radius 2 is 2.05 bits per heavy atom. The number of aromatic nitrogens is 2. The van der Waals surface area contributed by atoms with E-state index in [1.54, 1.807) is 6.33 Å². The monoisotopic (exact) mass is 292 g/mol. The molecule has 0 unspecified atom stereocenters. The summed E-state index contributed by atoms with van der Waals surface area (Å²) in [5, 5.41) is 0. The van der Waals surface area contributed by atoms with Gasteiger partial charge in [-0.05, 0) is 25.8 Å². The number of piperidine rings is 1. The molecule has 21 heavy (non-hydrogen) atoms. The molecular formula is C15H28N6. The van der Waals surface area contributed by atoms with Gasteiger partial charge in [-0.3, -0.25) is 0 Å². The zero-order valence-corrected chi connectivity index (χ0v) is 13.5. The van der Waals surface area contributed by atoms with E-state index in [1.165, 1.54) is 25.9 Å². The maximum absolute atomic E-state index is 5.60. The Balaban J connectivity index is 2.17. The standard InChI is InChI=1S/C15H28N6/c1-4-6-13-14(19-16)17-11-18-15(13)20(3)12-7-9-21(5-2)10-8-12/h11-12H,4-10,16H2,1-3H3,(H,17,18,19). The first-order chi connectivity index (χ1) is 10.2. The molecule has 1 aromatic rings. The van der Waals surface area contributed by atoms with Crippen molar-refractivity contribution in [3.63, 3.8) is 0 Å². The van der Waals surface area contributed by atoms with Crippen LogP contribution in [0.15, 0.2) is 6.33 Å². The summed E-state index contributed by atoms with van der Waals surface area (Å²) in [4.78, 5) is 13.6. The van der Waals surface area contributed by atoms with Gasteiger partial charge in [0.15, 0.2) is 0 Å². The number of rotatable bonds is 6. The summed E-state index contributed by atoms with van der Waals surface area (Å²) in [6.45, 7) is 7.87. The van der Waals surface area contributed by atoms with Crippen molar-refractivity contribution >= 4 is 11.6 Å². The first kappa shape index (κ1) is 16.0. The molecule has 2 heterocycles. The lowest BCUT2D eigenvalue weighted by Crippen LogP contribution is -2.44. The minimum Gasteiger partial charge on any atom is -0.356 e. The zero-order valence-electron chi connectivity index (χ0n) is 13.5. The molecule has 6 nitrogen and oxygen atoms in total. The lowest BCUT2D eigenvalue weighted by atomic mass is 10.0. The summed E-state index contributed by atoms with van der Waals surface area (Å²) in [5.74, 6) is 7.37. The van der Waals surface area contributed by atoms with Gasteiger partial charge in [-0.2, -0.15) is 0 Å². The Bertz CT molecular complexity index is 442. The highest BCUT2D eigenvalue weighted by Crippen LogP contribution is 2.27. The summed E-state index contributed by atoms with van der Waals surface area (Å²) in [5.41, 5.74) is 3.84. The maximum Gasteiger partial charge on any atom is 0.148 e. The molecule has 0 atom stereocenters.